The van der Waals surface area contributed by atoms with Gasteiger partial charge in [-0.25, -0.2) is 23.7 Å². The Morgan fingerprint density at radius 1 is 1.35 bits per heavy atom. The van der Waals surface area contributed by atoms with Gasteiger partial charge in [-0.3, -0.25) is 4.79 Å². The minimum Gasteiger partial charge on any atom is -0.367 e. The Morgan fingerprint density at radius 3 is 2.69 bits per heavy atom. The predicted molar refractivity (Wildman–Crippen MR) is 96.2 cm³/mol. The third kappa shape index (κ3) is 4.72. The minimum absolute atomic E-state index is 0.0490. The molecule has 26 heavy (non-hydrogen) atoms. The van der Waals surface area contributed by atoms with E-state index in [1.807, 2.05) is 12.3 Å². The highest BCUT2D eigenvalue weighted by atomic mass is 32.1. The maximum atomic E-state index is 13.4. The van der Waals surface area contributed by atoms with Crippen LogP contribution in [0.25, 0.3) is 10.8 Å². The first-order chi connectivity index (χ1) is 12.3. The van der Waals surface area contributed by atoms with E-state index in [-0.39, 0.29) is 18.9 Å². The van der Waals surface area contributed by atoms with E-state index >= 15 is 0 Å². The van der Waals surface area contributed by atoms with Gasteiger partial charge in [-0.2, -0.15) is 0 Å². The molecule has 1 N–H and O–H groups in total. The number of halogens is 2. The molecule has 1 saturated carbocycles. The molecular formula is C17H21F2N5OS. The zero-order valence-corrected chi connectivity index (χ0v) is 15.5. The second-order valence-electron chi connectivity index (χ2n) is 6.66. The summed E-state index contributed by atoms with van der Waals surface area (Å²) < 4.78 is 26.7. The third-order valence-corrected chi connectivity index (χ3v) is 5.21. The average Bonchev–Trinajstić information content (AvgIpc) is 3.03. The van der Waals surface area contributed by atoms with Crippen molar-refractivity contribution < 1.29 is 13.6 Å². The second kappa shape index (κ2) is 7.61. The summed E-state index contributed by atoms with van der Waals surface area (Å²) in [5.74, 6) is -1.51. The Bertz CT molecular complexity index is 772. The normalized spacial score (nSPS) is 17.1. The number of nitrogens with zero attached hydrogens (tertiary/aromatic N) is 4. The summed E-state index contributed by atoms with van der Waals surface area (Å²) in [6.07, 6.45) is 1.29. The molecule has 0 unspecified atom stereocenters. The van der Waals surface area contributed by atoms with Crippen LogP contribution >= 0.6 is 11.3 Å². The number of alkyl halides is 2. The summed E-state index contributed by atoms with van der Waals surface area (Å²) in [7, 11) is 1.67. The summed E-state index contributed by atoms with van der Waals surface area (Å²) in [6.45, 7) is 2.23. The molecule has 0 spiro atoms. The largest absolute Gasteiger partial charge is 0.367 e. The number of carbonyl (C=O) groups is 1. The monoisotopic (exact) mass is 381 g/mol. The summed E-state index contributed by atoms with van der Waals surface area (Å²) in [5, 5.41) is 5.86. The molecule has 0 aromatic carbocycles. The fraction of sp³-hybridized carbons (Fsp3) is 0.529. The molecule has 9 heteroatoms. The number of aromatic nitrogens is 3. The minimum atomic E-state index is -2.56. The van der Waals surface area contributed by atoms with Gasteiger partial charge in [-0.1, -0.05) is 0 Å². The van der Waals surface area contributed by atoms with Gasteiger partial charge in [0.2, 0.25) is 12.3 Å². The van der Waals surface area contributed by atoms with E-state index in [0.717, 1.165) is 12.1 Å². The lowest BCUT2D eigenvalue weighted by Crippen LogP contribution is -2.32. The van der Waals surface area contributed by atoms with Gasteiger partial charge in [0.05, 0.1) is 12.2 Å². The SMILES string of the molecule is Cc1csc(-c2nc(CN(C)C=O)cc(NC3CCC(F)(F)CC3)n2)n1. The summed E-state index contributed by atoms with van der Waals surface area (Å²) in [5.41, 5.74) is 1.55. The van der Waals surface area contributed by atoms with Crippen molar-refractivity contribution in [3.05, 3.63) is 22.8 Å². The second-order valence-corrected chi connectivity index (χ2v) is 7.52. The van der Waals surface area contributed by atoms with E-state index in [4.69, 9.17) is 0 Å². The summed E-state index contributed by atoms with van der Waals surface area (Å²) in [4.78, 5) is 25.8. The number of aryl methyl sites for hydroxylation is 1. The van der Waals surface area contributed by atoms with Crippen molar-refractivity contribution >= 4 is 23.6 Å². The zero-order chi connectivity index (χ0) is 18.7. The standard InChI is InChI=1S/C17H21F2N5OS/c1-11-9-26-16(20-11)15-22-13(8-24(2)10-25)7-14(23-15)21-12-3-5-17(18,19)6-4-12/h7,9-10,12H,3-6,8H2,1-2H3,(H,21,22,23). The van der Waals surface area contributed by atoms with Crippen LogP contribution in [-0.2, 0) is 11.3 Å². The average molecular weight is 381 g/mol. The lowest BCUT2D eigenvalue weighted by atomic mass is 9.92. The van der Waals surface area contributed by atoms with Crippen molar-refractivity contribution in [1.29, 1.82) is 0 Å². The fourth-order valence-electron chi connectivity index (χ4n) is 2.89. The number of hydrogen-bond acceptors (Lipinski definition) is 6. The van der Waals surface area contributed by atoms with Crippen LogP contribution in [0, 0.1) is 6.92 Å². The number of nitrogens with one attached hydrogen (secondary N) is 1. The van der Waals surface area contributed by atoms with Crippen LogP contribution in [0.5, 0.6) is 0 Å². The van der Waals surface area contributed by atoms with Crippen LogP contribution in [0.3, 0.4) is 0 Å². The Morgan fingerprint density at radius 2 is 2.08 bits per heavy atom. The zero-order valence-electron chi connectivity index (χ0n) is 14.7. The first-order valence-electron chi connectivity index (χ1n) is 8.45. The first kappa shape index (κ1) is 18.6. The molecule has 0 atom stereocenters. The van der Waals surface area contributed by atoms with Gasteiger partial charge in [-0.15, -0.1) is 11.3 Å². The topological polar surface area (TPSA) is 71.0 Å². The highest BCUT2D eigenvalue weighted by Gasteiger charge is 2.35. The van der Waals surface area contributed by atoms with E-state index < -0.39 is 5.92 Å². The maximum absolute atomic E-state index is 13.4. The lowest BCUT2D eigenvalue weighted by Gasteiger charge is -2.29. The first-order valence-corrected chi connectivity index (χ1v) is 9.33. The van der Waals surface area contributed by atoms with Crippen molar-refractivity contribution in [2.75, 3.05) is 12.4 Å². The van der Waals surface area contributed by atoms with E-state index in [1.165, 1.54) is 16.2 Å². The van der Waals surface area contributed by atoms with Crippen LogP contribution in [0.2, 0.25) is 0 Å². The number of hydrogen-bond donors (Lipinski definition) is 1. The van der Waals surface area contributed by atoms with Crippen LogP contribution in [0.4, 0.5) is 14.6 Å². The molecule has 2 heterocycles. The third-order valence-electron chi connectivity index (χ3n) is 4.25. The molecular weight excluding hydrogens is 360 g/mol. The molecule has 1 amide bonds. The smallest absolute Gasteiger partial charge is 0.248 e. The number of amides is 1. The Balaban J connectivity index is 1.83. The molecule has 2 aromatic heterocycles. The van der Waals surface area contributed by atoms with Gasteiger partial charge >= 0.3 is 0 Å². The Kier molecular flexibility index (Phi) is 5.45. The van der Waals surface area contributed by atoms with Crippen LogP contribution < -0.4 is 5.32 Å². The van der Waals surface area contributed by atoms with Crippen molar-refractivity contribution in [2.45, 2.75) is 51.1 Å². The van der Waals surface area contributed by atoms with Crippen LogP contribution in [-0.4, -0.2) is 45.3 Å². The van der Waals surface area contributed by atoms with Gasteiger partial charge in [-0.05, 0) is 19.8 Å². The van der Waals surface area contributed by atoms with Crippen molar-refractivity contribution in [2.24, 2.45) is 0 Å². The van der Waals surface area contributed by atoms with E-state index in [9.17, 15) is 13.6 Å². The predicted octanol–water partition coefficient (Wildman–Crippen LogP) is 3.49. The summed E-state index contributed by atoms with van der Waals surface area (Å²) in [6, 6.07) is 1.71. The molecule has 2 aromatic rings. The van der Waals surface area contributed by atoms with Gasteiger partial charge < -0.3 is 10.2 Å². The van der Waals surface area contributed by atoms with E-state index in [2.05, 4.69) is 20.3 Å². The van der Waals surface area contributed by atoms with E-state index in [1.54, 1.807) is 13.1 Å². The van der Waals surface area contributed by atoms with Gasteiger partial charge in [0, 0.05) is 43.1 Å². The van der Waals surface area contributed by atoms with Crippen LogP contribution in [0.1, 0.15) is 37.1 Å². The quantitative estimate of drug-likeness (QED) is 0.776. The van der Waals surface area contributed by atoms with Crippen molar-refractivity contribution in [3.8, 4) is 10.8 Å². The molecule has 1 aliphatic rings. The van der Waals surface area contributed by atoms with Crippen molar-refractivity contribution in [3.63, 3.8) is 0 Å². The Hall–Kier alpha value is -2.16. The number of anilines is 1. The number of rotatable bonds is 6. The molecule has 1 fully saturated rings. The van der Waals surface area contributed by atoms with Crippen LogP contribution in [0.15, 0.2) is 11.4 Å². The molecule has 3 rings (SSSR count). The summed E-state index contributed by atoms with van der Waals surface area (Å²) >= 11 is 1.44. The fourth-order valence-corrected chi connectivity index (χ4v) is 3.62. The molecule has 6 nitrogen and oxygen atoms in total. The molecule has 0 saturated heterocycles. The molecule has 1 aliphatic carbocycles. The molecule has 0 radical (unpaired) electrons. The molecule has 140 valence electrons. The number of thiazole rings is 1. The van der Waals surface area contributed by atoms with Gasteiger partial charge in [0.25, 0.3) is 0 Å². The molecule has 0 aliphatic heterocycles. The highest BCUT2D eigenvalue weighted by molar-refractivity contribution is 7.13. The highest BCUT2D eigenvalue weighted by Crippen LogP contribution is 2.34. The molecule has 0 bridgehead atoms. The maximum Gasteiger partial charge on any atom is 0.248 e. The Labute approximate surface area is 154 Å². The number of carbonyl (C=O) groups excluding carboxylic acids is 1. The van der Waals surface area contributed by atoms with Crippen molar-refractivity contribution in [1.82, 2.24) is 19.9 Å². The lowest BCUT2D eigenvalue weighted by molar-refractivity contribution is -0.117. The van der Waals surface area contributed by atoms with Gasteiger partial charge in [0.15, 0.2) is 10.8 Å². The van der Waals surface area contributed by atoms with E-state index in [0.29, 0.717) is 41.7 Å². The van der Waals surface area contributed by atoms with Gasteiger partial charge in [0.1, 0.15) is 5.82 Å².